The third kappa shape index (κ3) is 8.69. The number of allylic oxidation sites excluding steroid dienone is 1. The summed E-state index contributed by atoms with van der Waals surface area (Å²) in [7, 11) is -4.15. The maximum Gasteiger partial charge on any atom is 0.408 e. The number of aliphatic carboxylic acids is 1. The van der Waals surface area contributed by atoms with Crippen LogP contribution in [0.2, 0.25) is 0 Å². The van der Waals surface area contributed by atoms with Crippen LogP contribution in [0.5, 0.6) is 0 Å². The Bertz CT molecular complexity index is 959. The normalized spacial score (nSPS) is 14.4. The fraction of sp³-hybridized carbons (Fsp3) is 0.333. The number of ether oxygens (including phenoxy) is 1. The zero-order valence-corrected chi connectivity index (χ0v) is 19.2. The molecule has 2 rings (SSSR count). The van der Waals surface area contributed by atoms with Crippen LogP contribution in [-0.4, -0.2) is 34.0 Å². The second kappa shape index (κ2) is 12.2. The van der Waals surface area contributed by atoms with Crippen LogP contribution in [0.4, 0.5) is 4.79 Å². The van der Waals surface area contributed by atoms with Gasteiger partial charge in [-0.25, -0.2) is 9.59 Å². The first-order valence-corrected chi connectivity index (χ1v) is 12.3. The third-order valence-electron chi connectivity index (χ3n) is 4.76. The van der Waals surface area contributed by atoms with Crippen molar-refractivity contribution in [3.05, 3.63) is 83.4 Å². The van der Waals surface area contributed by atoms with Gasteiger partial charge in [-0.1, -0.05) is 80.6 Å². The predicted molar refractivity (Wildman–Crippen MR) is 124 cm³/mol. The lowest BCUT2D eigenvalue weighted by atomic mass is 10.1. The number of rotatable bonds is 11. The Morgan fingerprint density at radius 3 is 2.12 bits per heavy atom. The van der Waals surface area contributed by atoms with Crippen LogP contribution in [0.25, 0.3) is 0 Å². The van der Waals surface area contributed by atoms with Crippen molar-refractivity contribution in [3.63, 3.8) is 0 Å². The zero-order valence-electron chi connectivity index (χ0n) is 18.3. The lowest BCUT2D eigenvalue weighted by Crippen LogP contribution is -2.37. The number of hydrogen-bond acceptors (Lipinski definition) is 4. The summed E-state index contributed by atoms with van der Waals surface area (Å²) in [4.78, 5) is 34.9. The molecule has 0 aliphatic carbocycles. The van der Waals surface area contributed by atoms with Gasteiger partial charge in [-0.05, 0) is 23.5 Å². The predicted octanol–water partition coefficient (Wildman–Crippen LogP) is 4.81. The molecule has 172 valence electrons. The van der Waals surface area contributed by atoms with E-state index in [1.807, 2.05) is 38.1 Å². The van der Waals surface area contributed by atoms with Crippen molar-refractivity contribution in [2.75, 3.05) is 6.16 Å². The highest BCUT2D eigenvalue weighted by Crippen LogP contribution is 2.48. The first-order chi connectivity index (χ1) is 15.2. The van der Waals surface area contributed by atoms with Gasteiger partial charge < -0.3 is 20.1 Å². The van der Waals surface area contributed by atoms with Crippen molar-refractivity contribution >= 4 is 19.4 Å². The van der Waals surface area contributed by atoms with E-state index in [9.17, 15) is 24.2 Å². The Morgan fingerprint density at radius 2 is 1.59 bits per heavy atom. The second-order valence-corrected chi connectivity index (χ2v) is 10.4. The number of alkyl carbamates (subject to hydrolysis) is 1. The number of carboxylic acids is 1. The molecule has 0 aliphatic rings. The standard InChI is InChI=1S/C24H30NO6P/c1-18(2)13-14-21(23(26)27)17-32(29,30)22(15-19-9-5-3-6-10-19)25-24(28)31-16-20-11-7-4-8-12-20/h3-12,14,18,22H,13,15-17H2,1-2H3,(H,25,28)(H,26,27)(H,29,30)/b21-14+/t22-/m0/s1. The van der Waals surface area contributed by atoms with Crippen LogP contribution >= 0.6 is 7.37 Å². The molecule has 0 radical (unpaired) electrons. The minimum absolute atomic E-state index is 0.00906. The monoisotopic (exact) mass is 459 g/mol. The zero-order chi connectivity index (χ0) is 23.6. The molecule has 0 saturated carbocycles. The summed E-state index contributed by atoms with van der Waals surface area (Å²) in [6.07, 6.45) is 0.616. The number of carboxylic acid groups (broad SMARTS) is 1. The van der Waals surface area contributed by atoms with Crippen molar-refractivity contribution < 1.29 is 28.9 Å². The smallest absolute Gasteiger partial charge is 0.408 e. The summed E-state index contributed by atoms with van der Waals surface area (Å²) in [5.74, 6) is -2.24. The summed E-state index contributed by atoms with van der Waals surface area (Å²) < 4.78 is 18.5. The first kappa shape index (κ1) is 25.4. The maximum atomic E-state index is 13.3. The van der Waals surface area contributed by atoms with Crippen LogP contribution < -0.4 is 5.32 Å². The maximum absolute atomic E-state index is 13.3. The number of carbonyl (C=O) groups excluding carboxylic acids is 1. The number of benzene rings is 2. The summed E-state index contributed by atoms with van der Waals surface area (Å²) >= 11 is 0. The molecule has 2 aromatic carbocycles. The average molecular weight is 459 g/mol. The molecule has 2 aromatic rings. The topological polar surface area (TPSA) is 113 Å². The Labute approximate surface area is 188 Å². The van der Waals surface area contributed by atoms with E-state index in [4.69, 9.17) is 4.74 Å². The van der Waals surface area contributed by atoms with Gasteiger partial charge in [0.1, 0.15) is 12.4 Å². The Morgan fingerprint density at radius 1 is 1.03 bits per heavy atom. The van der Waals surface area contributed by atoms with Crippen molar-refractivity contribution in [2.45, 2.75) is 39.1 Å². The van der Waals surface area contributed by atoms with Crippen molar-refractivity contribution in [1.29, 1.82) is 0 Å². The minimum atomic E-state index is -4.15. The number of amides is 1. The molecule has 0 bridgehead atoms. The first-order valence-electron chi connectivity index (χ1n) is 10.4. The molecule has 32 heavy (non-hydrogen) atoms. The molecular weight excluding hydrogens is 429 g/mol. The molecule has 7 nitrogen and oxygen atoms in total. The molecule has 3 N–H and O–H groups in total. The Hall–Kier alpha value is -2.89. The van der Waals surface area contributed by atoms with E-state index >= 15 is 0 Å². The summed E-state index contributed by atoms with van der Waals surface area (Å²) in [5.41, 5.74) is 1.37. The van der Waals surface area contributed by atoms with E-state index in [2.05, 4.69) is 5.32 Å². The lowest BCUT2D eigenvalue weighted by Gasteiger charge is -2.24. The van der Waals surface area contributed by atoms with E-state index in [0.717, 1.165) is 11.1 Å². The van der Waals surface area contributed by atoms with Gasteiger partial charge in [0.15, 0.2) is 0 Å². The lowest BCUT2D eigenvalue weighted by molar-refractivity contribution is -0.132. The number of carbonyl (C=O) groups is 2. The molecule has 2 atom stereocenters. The largest absolute Gasteiger partial charge is 0.478 e. The van der Waals surface area contributed by atoms with Crippen LogP contribution in [0.15, 0.2) is 72.3 Å². The molecule has 1 unspecified atom stereocenters. The third-order valence-corrected chi connectivity index (χ3v) is 6.84. The van der Waals surface area contributed by atoms with Crippen molar-refractivity contribution in [3.8, 4) is 0 Å². The molecule has 0 spiro atoms. The molecule has 8 heteroatoms. The SMILES string of the molecule is CC(C)C/C=C(\CP(=O)(O)[C@@H](Cc1ccccc1)NC(=O)OCc1ccccc1)C(=O)O. The van der Waals surface area contributed by atoms with Gasteiger partial charge in [0, 0.05) is 12.0 Å². The summed E-state index contributed by atoms with van der Waals surface area (Å²) in [6.45, 7) is 3.86. The van der Waals surface area contributed by atoms with Crippen LogP contribution in [0.3, 0.4) is 0 Å². The quantitative estimate of drug-likeness (QED) is 0.328. The molecule has 0 fully saturated rings. The Kier molecular flexibility index (Phi) is 9.69. The number of nitrogens with one attached hydrogen (secondary N) is 1. The second-order valence-electron chi connectivity index (χ2n) is 7.99. The number of hydrogen-bond donors (Lipinski definition) is 3. The van der Waals surface area contributed by atoms with E-state index in [1.165, 1.54) is 6.08 Å². The molecule has 0 aromatic heterocycles. The van der Waals surface area contributed by atoms with Crippen LogP contribution in [0.1, 0.15) is 31.4 Å². The van der Waals surface area contributed by atoms with E-state index in [-0.39, 0.29) is 24.5 Å². The van der Waals surface area contributed by atoms with E-state index in [0.29, 0.717) is 6.42 Å². The molecule has 0 aliphatic heterocycles. The fourth-order valence-corrected chi connectivity index (χ4v) is 4.76. The van der Waals surface area contributed by atoms with Gasteiger partial charge in [-0.2, -0.15) is 0 Å². The van der Waals surface area contributed by atoms with Crippen LogP contribution in [-0.2, 0) is 27.1 Å². The molecule has 0 heterocycles. The van der Waals surface area contributed by atoms with Gasteiger partial charge in [-0.3, -0.25) is 4.57 Å². The van der Waals surface area contributed by atoms with Crippen molar-refractivity contribution in [1.82, 2.24) is 5.32 Å². The fourth-order valence-electron chi connectivity index (χ4n) is 2.98. The Balaban J connectivity index is 2.18. The van der Waals surface area contributed by atoms with Gasteiger partial charge >= 0.3 is 12.1 Å². The summed E-state index contributed by atoms with van der Waals surface area (Å²) in [5, 5.41) is 12.0. The summed E-state index contributed by atoms with van der Waals surface area (Å²) in [6, 6.07) is 18.0. The highest BCUT2D eigenvalue weighted by atomic mass is 31.2. The van der Waals surface area contributed by atoms with Crippen LogP contribution in [0, 0.1) is 5.92 Å². The molecular formula is C24H30NO6P. The van der Waals surface area contributed by atoms with Gasteiger partial charge in [0.2, 0.25) is 7.37 Å². The highest BCUT2D eigenvalue weighted by Gasteiger charge is 2.35. The highest BCUT2D eigenvalue weighted by molar-refractivity contribution is 7.59. The van der Waals surface area contributed by atoms with Gasteiger partial charge in [0.25, 0.3) is 0 Å². The minimum Gasteiger partial charge on any atom is -0.478 e. The van der Waals surface area contributed by atoms with E-state index in [1.54, 1.807) is 36.4 Å². The molecule has 0 saturated heterocycles. The van der Waals surface area contributed by atoms with Gasteiger partial charge in [0.05, 0.1) is 6.16 Å². The van der Waals surface area contributed by atoms with E-state index < -0.39 is 31.4 Å². The molecule has 1 amide bonds. The van der Waals surface area contributed by atoms with Crippen molar-refractivity contribution in [2.24, 2.45) is 5.92 Å². The van der Waals surface area contributed by atoms with Gasteiger partial charge in [-0.15, -0.1) is 0 Å². The average Bonchev–Trinajstić information content (AvgIpc) is 2.76.